The Kier molecular flexibility index (Phi) is 6.23. The van der Waals surface area contributed by atoms with Crippen LogP contribution in [0.3, 0.4) is 0 Å². The number of carbonyl (C=O) groups is 1. The number of alkyl halides is 3. The average Bonchev–Trinajstić information content (AvgIpc) is 2.73. The number of hydrogen-bond acceptors (Lipinski definition) is 5. The number of ether oxygens (including phenoxy) is 1. The van der Waals surface area contributed by atoms with Crippen LogP contribution in [0.5, 0.6) is 11.5 Å². The lowest BCUT2D eigenvalue weighted by Crippen LogP contribution is -2.14. The van der Waals surface area contributed by atoms with Crippen LogP contribution in [0, 0.1) is 11.3 Å². The van der Waals surface area contributed by atoms with E-state index >= 15 is 0 Å². The molecule has 0 aromatic heterocycles. The molecule has 0 unspecified atom stereocenters. The van der Waals surface area contributed by atoms with E-state index in [-0.39, 0.29) is 32.4 Å². The minimum Gasteiger partial charge on any atom is -0.456 e. The number of nitrogens with zero attached hydrogens (tertiary/aromatic N) is 1. The predicted octanol–water partition coefficient (Wildman–Crippen LogP) is 4.23. The molecule has 0 aliphatic carbocycles. The van der Waals surface area contributed by atoms with E-state index in [0.29, 0.717) is 6.07 Å². The molecule has 3 rings (SSSR count). The Morgan fingerprint density at radius 3 is 2.28 bits per heavy atom. The molecule has 0 saturated carbocycles. The van der Waals surface area contributed by atoms with Crippen LogP contribution in [0.4, 0.5) is 13.2 Å². The maximum Gasteiger partial charge on any atom is 0.416 e. The predicted molar refractivity (Wildman–Crippen MR) is 107 cm³/mol. The van der Waals surface area contributed by atoms with Crippen LogP contribution in [-0.2, 0) is 27.2 Å². The number of rotatable bonds is 6. The van der Waals surface area contributed by atoms with Crippen molar-refractivity contribution in [3.05, 3.63) is 83.4 Å². The number of benzene rings is 3. The summed E-state index contributed by atoms with van der Waals surface area (Å²) < 4.78 is 70.6. The van der Waals surface area contributed by atoms with Crippen molar-refractivity contribution < 1.29 is 31.1 Å². The lowest BCUT2D eigenvalue weighted by Gasteiger charge is -2.14. The summed E-state index contributed by atoms with van der Waals surface area (Å²) in [6, 6.07) is 15.5. The Morgan fingerprint density at radius 1 is 1.00 bits per heavy atom. The third kappa shape index (κ3) is 5.07. The Hall–Kier alpha value is -3.84. The first-order valence-electron chi connectivity index (χ1n) is 9.02. The highest BCUT2D eigenvalue weighted by molar-refractivity contribution is 7.91. The van der Waals surface area contributed by atoms with Gasteiger partial charge in [-0.25, -0.2) is 8.42 Å². The van der Waals surface area contributed by atoms with Gasteiger partial charge in [-0.1, -0.05) is 18.2 Å². The van der Waals surface area contributed by atoms with Crippen molar-refractivity contribution in [3.8, 4) is 17.6 Å². The second-order valence-corrected chi connectivity index (χ2v) is 8.64. The van der Waals surface area contributed by atoms with Crippen LogP contribution in [0.1, 0.15) is 16.7 Å². The van der Waals surface area contributed by atoms with Gasteiger partial charge < -0.3 is 10.5 Å². The molecule has 0 radical (unpaired) electrons. The number of nitriles is 1. The second kappa shape index (κ2) is 8.72. The summed E-state index contributed by atoms with van der Waals surface area (Å²) >= 11 is 0. The molecule has 2 N–H and O–H groups in total. The molecular weight excluding hydrogens is 445 g/mol. The van der Waals surface area contributed by atoms with Crippen molar-refractivity contribution in [3.63, 3.8) is 0 Å². The highest BCUT2D eigenvalue weighted by atomic mass is 32.2. The molecule has 32 heavy (non-hydrogen) atoms. The molecule has 0 aliphatic rings. The summed E-state index contributed by atoms with van der Waals surface area (Å²) in [5, 5.41) is 9.45. The van der Waals surface area contributed by atoms with Crippen molar-refractivity contribution in [2.24, 2.45) is 5.73 Å². The van der Waals surface area contributed by atoms with Gasteiger partial charge in [0.15, 0.2) is 0 Å². The van der Waals surface area contributed by atoms with Gasteiger partial charge in [-0.15, -0.1) is 0 Å². The molecule has 3 aromatic carbocycles. The molecule has 6 nitrogen and oxygen atoms in total. The number of nitrogens with two attached hydrogens (primary N) is 1. The molecule has 0 saturated heterocycles. The first-order chi connectivity index (χ1) is 15.0. The average molecular weight is 460 g/mol. The van der Waals surface area contributed by atoms with Crippen molar-refractivity contribution in [1.82, 2.24) is 0 Å². The SMILES string of the molecule is N#Cc1cc(S(=O)(=O)c2ccccc2)ccc1Oc1cc(CC(N)=O)cc(C(F)(F)F)c1. The zero-order valence-corrected chi connectivity index (χ0v) is 17.1. The van der Waals surface area contributed by atoms with E-state index in [4.69, 9.17) is 10.5 Å². The second-order valence-electron chi connectivity index (χ2n) is 6.69. The smallest absolute Gasteiger partial charge is 0.416 e. The molecule has 0 atom stereocenters. The summed E-state index contributed by atoms with van der Waals surface area (Å²) in [5.41, 5.74) is 3.79. The van der Waals surface area contributed by atoms with Gasteiger partial charge in [0, 0.05) is 0 Å². The van der Waals surface area contributed by atoms with Gasteiger partial charge in [-0.2, -0.15) is 18.4 Å². The Bertz CT molecular complexity index is 1320. The van der Waals surface area contributed by atoms with Crippen molar-refractivity contribution in [2.75, 3.05) is 0 Å². The third-order valence-corrected chi connectivity index (χ3v) is 6.10. The number of amides is 1. The molecule has 164 valence electrons. The van der Waals surface area contributed by atoms with Crippen LogP contribution in [-0.4, -0.2) is 14.3 Å². The van der Waals surface area contributed by atoms with Gasteiger partial charge in [0.25, 0.3) is 0 Å². The van der Waals surface area contributed by atoms with Gasteiger partial charge in [0.05, 0.1) is 27.3 Å². The number of carbonyl (C=O) groups excluding carboxylic acids is 1. The lowest BCUT2D eigenvalue weighted by molar-refractivity contribution is -0.137. The van der Waals surface area contributed by atoms with Gasteiger partial charge >= 0.3 is 6.18 Å². The molecule has 0 fully saturated rings. The van der Waals surface area contributed by atoms with Crippen LogP contribution in [0.15, 0.2) is 76.5 Å². The van der Waals surface area contributed by atoms with Crippen LogP contribution in [0.2, 0.25) is 0 Å². The maximum absolute atomic E-state index is 13.2. The topological polar surface area (TPSA) is 110 Å². The van der Waals surface area contributed by atoms with E-state index < -0.39 is 33.9 Å². The summed E-state index contributed by atoms with van der Waals surface area (Å²) in [5.74, 6) is -1.27. The molecule has 0 heterocycles. The number of sulfone groups is 1. The monoisotopic (exact) mass is 460 g/mol. The summed E-state index contributed by atoms with van der Waals surface area (Å²) in [6.45, 7) is 0. The minimum absolute atomic E-state index is 0.0199. The summed E-state index contributed by atoms with van der Waals surface area (Å²) in [4.78, 5) is 11.0. The molecule has 0 spiro atoms. The van der Waals surface area contributed by atoms with Crippen LogP contribution >= 0.6 is 0 Å². The normalized spacial score (nSPS) is 11.6. The van der Waals surface area contributed by atoms with Crippen molar-refractivity contribution in [2.45, 2.75) is 22.4 Å². The fourth-order valence-electron chi connectivity index (χ4n) is 2.90. The first kappa shape index (κ1) is 22.8. The Balaban J connectivity index is 2.01. The zero-order chi connectivity index (χ0) is 23.5. The highest BCUT2D eigenvalue weighted by Crippen LogP contribution is 2.35. The van der Waals surface area contributed by atoms with E-state index in [2.05, 4.69) is 0 Å². The molecule has 10 heteroatoms. The molecule has 3 aromatic rings. The quantitative estimate of drug-likeness (QED) is 0.592. The Morgan fingerprint density at radius 2 is 1.69 bits per heavy atom. The molecule has 0 aliphatic heterocycles. The third-order valence-electron chi connectivity index (χ3n) is 4.34. The van der Waals surface area contributed by atoms with E-state index in [1.54, 1.807) is 24.3 Å². The first-order valence-corrected chi connectivity index (χ1v) is 10.5. The van der Waals surface area contributed by atoms with E-state index in [1.165, 1.54) is 30.3 Å². The largest absolute Gasteiger partial charge is 0.456 e. The van der Waals surface area contributed by atoms with Gasteiger partial charge in [0.2, 0.25) is 15.7 Å². The Labute approximate surface area is 181 Å². The summed E-state index contributed by atoms with van der Waals surface area (Å²) in [6.07, 6.45) is -5.16. The summed E-state index contributed by atoms with van der Waals surface area (Å²) in [7, 11) is -3.91. The fourth-order valence-corrected chi connectivity index (χ4v) is 4.21. The van der Waals surface area contributed by atoms with E-state index in [9.17, 15) is 31.6 Å². The van der Waals surface area contributed by atoms with Crippen LogP contribution in [0.25, 0.3) is 0 Å². The zero-order valence-electron chi connectivity index (χ0n) is 16.3. The van der Waals surface area contributed by atoms with E-state index in [1.807, 2.05) is 0 Å². The van der Waals surface area contributed by atoms with Crippen molar-refractivity contribution in [1.29, 1.82) is 5.26 Å². The number of halogens is 3. The highest BCUT2D eigenvalue weighted by Gasteiger charge is 2.31. The van der Waals surface area contributed by atoms with E-state index in [0.717, 1.165) is 12.1 Å². The van der Waals surface area contributed by atoms with Crippen LogP contribution < -0.4 is 10.5 Å². The van der Waals surface area contributed by atoms with Crippen molar-refractivity contribution >= 4 is 15.7 Å². The fraction of sp³-hybridized carbons (Fsp3) is 0.0909. The molecule has 1 amide bonds. The number of primary amides is 1. The lowest BCUT2D eigenvalue weighted by atomic mass is 10.1. The maximum atomic E-state index is 13.2. The minimum atomic E-state index is -4.71. The molecule has 0 bridgehead atoms. The van der Waals surface area contributed by atoms with Gasteiger partial charge in [-0.05, 0) is 54.1 Å². The number of hydrogen-bond donors (Lipinski definition) is 1. The molecular formula is C22H15F3N2O4S. The van der Waals surface area contributed by atoms with Gasteiger partial charge in [0.1, 0.15) is 17.6 Å². The van der Waals surface area contributed by atoms with Gasteiger partial charge in [-0.3, -0.25) is 4.79 Å². The standard InChI is InChI=1S/C22H15F3N2O4S/c23-22(24,25)16-8-14(10-21(27)28)9-17(12-16)31-20-7-6-19(11-15(20)13-26)32(29,30)18-4-2-1-3-5-18/h1-9,11-12H,10H2,(H2,27,28).